The molecule has 18 heavy (non-hydrogen) atoms. The molecule has 1 aromatic rings. The Morgan fingerprint density at radius 3 is 2.72 bits per heavy atom. The Balaban J connectivity index is 1.81. The molecule has 1 aliphatic heterocycles. The summed E-state index contributed by atoms with van der Waals surface area (Å²) < 4.78 is 5.40. The molecule has 0 aliphatic carbocycles. The third-order valence-electron chi connectivity index (χ3n) is 3.68. The first-order valence-corrected chi connectivity index (χ1v) is 6.90. The van der Waals surface area contributed by atoms with Crippen LogP contribution in [0.3, 0.4) is 0 Å². The number of benzene rings is 1. The van der Waals surface area contributed by atoms with Gasteiger partial charge < -0.3 is 15.0 Å². The molecule has 0 saturated carbocycles. The standard InChI is InChI=1S/C15H24N2O/c1-13(14-7-3-4-8-15(14)18-2)16-9-12-17-10-5-6-11-17/h3-4,7-8,13,16H,5-6,9-12H2,1-2H3/t13-/m1/s1. The van der Waals surface area contributed by atoms with Crippen LogP contribution < -0.4 is 10.1 Å². The zero-order valence-electron chi connectivity index (χ0n) is 11.5. The molecule has 0 bridgehead atoms. The van der Waals surface area contributed by atoms with E-state index in [-0.39, 0.29) is 0 Å². The van der Waals surface area contributed by atoms with E-state index in [0.29, 0.717) is 6.04 Å². The highest BCUT2D eigenvalue weighted by atomic mass is 16.5. The maximum atomic E-state index is 5.40. The van der Waals surface area contributed by atoms with E-state index in [9.17, 15) is 0 Å². The molecule has 1 saturated heterocycles. The summed E-state index contributed by atoms with van der Waals surface area (Å²) in [7, 11) is 1.73. The smallest absolute Gasteiger partial charge is 0.123 e. The van der Waals surface area contributed by atoms with Crippen molar-refractivity contribution in [3.8, 4) is 5.75 Å². The highest BCUT2D eigenvalue weighted by Crippen LogP contribution is 2.24. The van der Waals surface area contributed by atoms with Crippen molar-refractivity contribution in [2.75, 3.05) is 33.3 Å². The molecule has 0 amide bonds. The van der Waals surface area contributed by atoms with E-state index < -0.39 is 0 Å². The van der Waals surface area contributed by atoms with E-state index in [0.717, 1.165) is 18.8 Å². The van der Waals surface area contributed by atoms with E-state index in [2.05, 4.69) is 29.3 Å². The normalized spacial score (nSPS) is 17.9. The van der Waals surface area contributed by atoms with Gasteiger partial charge in [0.25, 0.3) is 0 Å². The van der Waals surface area contributed by atoms with Crippen LogP contribution in [0, 0.1) is 0 Å². The van der Waals surface area contributed by atoms with Crippen LogP contribution in [0.4, 0.5) is 0 Å². The van der Waals surface area contributed by atoms with E-state index >= 15 is 0 Å². The van der Waals surface area contributed by atoms with Crippen LogP contribution in [0.15, 0.2) is 24.3 Å². The van der Waals surface area contributed by atoms with Crippen molar-refractivity contribution < 1.29 is 4.74 Å². The number of para-hydroxylation sites is 1. The summed E-state index contributed by atoms with van der Waals surface area (Å²) in [6, 6.07) is 8.57. The number of nitrogens with zero attached hydrogens (tertiary/aromatic N) is 1. The van der Waals surface area contributed by atoms with Crippen molar-refractivity contribution in [2.45, 2.75) is 25.8 Å². The van der Waals surface area contributed by atoms with Gasteiger partial charge >= 0.3 is 0 Å². The number of nitrogens with one attached hydrogen (secondary N) is 1. The monoisotopic (exact) mass is 248 g/mol. The number of rotatable bonds is 6. The first kappa shape index (κ1) is 13.4. The molecule has 0 aromatic heterocycles. The number of hydrogen-bond donors (Lipinski definition) is 1. The average Bonchev–Trinajstić information content (AvgIpc) is 2.91. The van der Waals surface area contributed by atoms with Crippen molar-refractivity contribution in [3.63, 3.8) is 0 Å². The minimum absolute atomic E-state index is 0.337. The minimum Gasteiger partial charge on any atom is -0.496 e. The number of methoxy groups -OCH3 is 1. The second kappa shape index (κ2) is 6.76. The molecule has 1 fully saturated rings. The van der Waals surface area contributed by atoms with Crippen molar-refractivity contribution in [2.24, 2.45) is 0 Å². The van der Waals surface area contributed by atoms with Crippen LogP contribution in [0.25, 0.3) is 0 Å². The van der Waals surface area contributed by atoms with Crippen molar-refractivity contribution >= 4 is 0 Å². The topological polar surface area (TPSA) is 24.5 Å². The first-order chi connectivity index (χ1) is 8.81. The van der Waals surface area contributed by atoms with Gasteiger partial charge in [0.15, 0.2) is 0 Å². The second-order valence-corrected chi connectivity index (χ2v) is 4.97. The van der Waals surface area contributed by atoms with Crippen LogP contribution in [0.5, 0.6) is 5.75 Å². The maximum Gasteiger partial charge on any atom is 0.123 e. The van der Waals surface area contributed by atoms with Crippen LogP contribution in [0.1, 0.15) is 31.4 Å². The van der Waals surface area contributed by atoms with Gasteiger partial charge in [-0.3, -0.25) is 0 Å². The SMILES string of the molecule is COc1ccccc1[C@@H](C)NCCN1CCCC1. The van der Waals surface area contributed by atoms with Crippen molar-refractivity contribution in [1.29, 1.82) is 0 Å². The molecule has 1 aliphatic rings. The van der Waals surface area contributed by atoms with Crippen LogP contribution in [-0.2, 0) is 0 Å². The maximum absolute atomic E-state index is 5.40. The van der Waals surface area contributed by atoms with Gasteiger partial charge in [0.05, 0.1) is 7.11 Å². The lowest BCUT2D eigenvalue weighted by atomic mass is 10.1. The Labute approximate surface area is 110 Å². The largest absolute Gasteiger partial charge is 0.496 e. The minimum atomic E-state index is 0.337. The number of ether oxygens (including phenoxy) is 1. The highest BCUT2D eigenvalue weighted by molar-refractivity contribution is 5.35. The van der Waals surface area contributed by atoms with Gasteiger partial charge in [-0.15, -0.1) is 0 Å². The molecule has 1 aromatic carbocycles. The quantitative estimate of drug-likeness (QED) is 0.837. The van der Waals surface area contributed by atoms with Gasteiger partial charge in [0.2, 0.25) is 0 Å². The number of likely N-dealkylation sites (tertiary alicyclic amines) is 1. The predicted molar refractivity (Wildman–Crippen MR) is 75.1 cm³/mol. The van der Waals surface area contributed by atoms with Gasteiger partial charge in [-0.1, -0.05) is 18.2 Å². The molecule has 0 spiro atoms. The van der Waals surface area contributed by atoms with Gasteiger partial charge in [-0.25, -0.2) is 0 Å². The molecule has 1 heterocycles. The molecule has 3 nitrogen and oxygen atoms in total. The molecular formula is C15H24N2O. The summed E-state index contributed by atoms with van der Waals surface area (Å²) >= 11 is 0. The zero-order valence-corrected chi connectivity index (χ0v) is 11.5. The summed E-state index contributed by atoms with van der Waals surface area (Å²) in [4.78, 5) is 2.53. The fraction of sp³-hybridized carbons (Fsp3) is 0.600. The third-order valence-corrected chi connectivity index (χ3v) is 3.68. The molecule has 1 atom stereocenters. The van der Waals surface area contributed by atoms with Gasteiger partial charge in [0, 0.05) is 24.7 Å². The lowest BCUT2D eigenvalue weighted by Gasteiger charge is -2.20. The first-order valence-electron chi connectivity index (χ1n) is 6.90. The van der Waals surface area contributed by atoms with E-state index in [4.69, 9.17) is 4.74 Å². The molecule has 2 rings (SSSR count). The molecular weight excluding hydrogens is 224 g/mol. The van der Waals surface area contributed by atoms with E-state index in [1.54, 1.807) is 7.11 Å². The van der Waals surface area contributed by atoms with Crippen LogP contribution >= 0.6 is 0 Å². The Kier molecular flexibility index (Phi) is 5.02. The van der Waals surface area contributed by atoms with Crippen LogP contribution in [-0.4, -0.2) is 38.2 Å². The van der Waals surface area contributed by atoms with Gasteiger partial charge in [-0.2, -0.15) is 0 Å². The second-order valence-electron chi connectivity index (χ2n) is 4.97. The average molecular weight is 248 g/mol. The van der Waals surface area contributed by atoms with Crippen LogP contribution in [0.2, 0.25) is 0 Å². The fourth-order valence-electron chi connectivity index (χ4n) is 2.58. The fourth-order valence-corrected chi connectivity index (χ4v) is 2.58. The Hall–Kier alpha value is -1.06. The molecule has 1 N–H and O–H groups in total. The zero-order chi connectivity index (χ0) is 12.8. The number of hydrogen-bond acceptors (Lipinski definition) is 3. The van der Waals surface area contributed by atoms with Gasteiger partial charge in [0.1, 0.15) is 5.75 Å². The highest BCUT2D eigenvalue weighted by Gasteiger charge is 2.13. The van der Waals surface area contributed by atoms with E-state index in [1.807, 2.05) is 12.1 Å². The third kappa shape index (κ3) is 3.47. The lowest BCUT2D eigenvalue weighted by molar-refractivity contribution is 0.328. The molecule has 0 radical (unpaired) electrons. The van der Waals surface area contributed by atoms with Crippen molar-refractivity contribution in [3.05, 3.63) is 29.8 Å². The van der Waals surface area contributed by atoms with Gasteiger partial charge in [-0.05, 0) is 38.9 Å². The summed E-state index contributed by atoms with van der Waals surface area (Å²) in [5, 5.41) is 3.58. The predicted octanol–water partition coefficient (Wildman–Crippen LogP) is 2.44. The summed E-state index contributed by atoms with van der Waals surface area (Å²) in [6.45, 7) is 6.93. The molecule has 3 heteroatoms. The Morgan fingerprint density at radius 1 is 1.28 bits per heavy atom. The molecule has 100 valence electrons. The molecule has 0 unspecified atom stereocenters. The lowest BCUT2D eigenvalue weighted by Crippen LogP contribution is -2.31. The summed E-state index contributed by atoms with van der Waals surface area (Å²) in [5.41, 5.74) is 1.24. The Bertz CT molecular complexity index is 361. The Morgan fingerprint density at radius 2 is 2.00 bits per heavy atom. The van der Waals surface area contributed by atoms with E-state index in [1.165, 1.54) is 31.5 Å². The summed E-state index contributed by atoms with van der Waals surface area (Å²) in [5.74, 6) is 0.971. The summed E-state index contributed by atoms with van der Waals surface area (Å²) in [6.07, 6.45) is 2.73. The van der Waals surface area contributed by atoms with Crippen molar-refractivity contribution in [1.82, 2.24) is 10.2 Å².